The molecular weight excluding hydrogens is 570 g/mol. The first-order valence-electron chi connectivity index (χ1n) is 14.5. The number of hydrogen-bond acceptors (Lipinski definition) is 10. The highest BCUT2D eigenvalue weighted by atomic mass is 19.1. The zero-order valence-electron chi connectivity index (χ0n) is 26.3. The molecule has 0 aliphatic carbocycles. The summed E-state index contributed by atoms with van der Waals surface area (Å²) < 4.78 is 36.9. The Bertz CT molecular complexity index is 1240. The Morgan fingerprint density at radius 3 is 1.20 bits per heavy atom. The summed E-state index contributed by atoms with van der Waals surface area (Å²) in [6, 6.07) is 14.7. The molecule has 0 N–H and O–H groups in total. The van der Waals surface area contributed by atoms with Crippen LogP contribution in [0, 0.1) is 0 Å². The van der Waals surface area contributed by atoms with Crippen molar-refractivity contribution in [2.45, 2.75) is 65.8 Å². The zero-order chi connectivity index (χ0) is 32.3. The second-order valence-corrected chi connectivity index (χ2v) is 12.4. The maximum atomic E-state index is 13.1. The number of nitrogens with zero attached hydrogens (tertiary/aromatic N) is 6. The van der Waals surface area contributed by atoms with Crippen molar-refractivity contribution in [1.82, 2.24) is 30.2 Å². The lowest BCUT2D eigenvalue weighted by molar-refractivity contribution is -0.157. The maximum Gasteiger partial charge on any atom is 0.320 e. The molecule has 0 aliphatic heterocycles. The first kappa shape index (κ1) is 34.6. The molecule has 10 nitrogen and oxygen atoms in total. The first-order chi connectivity index (χ1) is 20.7. The van der Waals surface area contributed by atoms with Gasteiger partial charge >= 0.3 is 11.9 Å². The van der Waals surface area contributed by atoms with E-state index in [1.54, 1.807) is 51.3 Å². The van der Waals surface area contributed by atoms with Crippen LogP contribution in [0.1, 0.15) is 52.7 Å². The molecule has 238 valence electrons. The van der Waals surface area contributed by atoms with Crippen LogP contribution in [0.15, 0.2) is 48.5 Å². The molecule has 0 atom stereocenters. The molecule has 44 heavy (non-hydrogen) atoms. The Morgan fingerprint density at radius 2 is 0.932 bits per heavy atom. The summed E-state index contributed by atoms with van der Waals surface area (Å²) >= 11 is 0. The van der Waals surface area contributed by atoms with Crippen molar-refractivity contribution in [3.63, 3.8) is 0 Å². The molecule has 0 saturated carbocycles. The van der Waals surface area contributed by atoms with E-state index in [4.69, 9.17) is 9.47 Å². The Kier molecular flexibility index (Phi) is 12.4. The van der Waals surface area contributed by atoms with Crippen molar-refractivity contribution >= 4 is 11.9 Å². The summed E-state index contributed by atoms with van der Waals surface area (Å²) in [5.74, 6) is -0.120. The van der Waals surface area contributed by atoms with Gasteiger partial charge in [0, 0.05) is 37.3 Å². The summed E-state index contributed by atoms with van der Waals surface area (Å²) in [6.07, 6.45) is 0. The normalized spacial score (nSPS) is 12.0. The Morgan fingerprint density at radius 1 is 0.614 bits per heavy atom. The molecule has 0 bridgehead atoms. The SMILES string of the molecule is CC(C)(C)OC(=O)CN(CCF)Cc1ccc(-c2nnc(-c3ccc(CN(CCF)CC(=O)OC(C)(C)C)cc3)nn2)cc1. The molecule has 0 radical (unpaired) electrons. The number of esters is 2. The monoisotopic (exact) mass is 612 g/mol. The molecule has 0 saturated heterocycles. The van der Waals surface area contributed by atoms with Crippen LogP contribution in [0.25, 0.3) is 22.8 Å². The molecule has 0 unspecified atom stereocenters. The van der Waals surface area contributed by atoms with Crippen molar-refractivity contribution in [3.05, 3.63) is 59.7 Å². The van der Waals surface area contributed by atoms with E-state index in [-0.39, 0.29) is 26.2 Å². The number of ether oxygens (including phenoxy) is 2. The van der Waals surface area contributed by atoms with E-state index in [2.05, 4.69) is 20.4 Å². The van der Waals surface area contributed by atoms with E-state index in [1.165, 1.54) is 0 Å². The van der Waals surface area contributed by atoms with E-state index >= 15 is 0 Å². The number of aromatic nitrogens is 4. The summed E-state index contributed by atoms with van der Waals surface area (Å²) in [5, 5.41) is 16.9. The third-order valence-electron chi connectivity index (χ3n) is 6.06. The van der Waals surface area contributed by atoms with Crippen LogP contribution in [0.3, 0.4) is 0 Å². The molecule has 1 heterocycles. The van der Waals surface area contributed by atoms with Crippen LogP contribution in [0.4, 0.5) is 8.78 Å². The van der Waals surface area contributed by atoms with Crippen molar-refractivity contribution < 1.29 is 27.8 Å². The minimum Gasteiger partial charge on any atom is -0.459 e. The van der Waals surface area contributed by atoms with Crippen LogP contribution >= 0.6 is 0 Å². The molecule has 3 aromatic rings. The van der Waals surface area contributed by atoms with E-state index < -0.39 is 36.5 Å². The standard InChI is InChI=1S/C32H42F2N6O4/c1-31(2,3)43-27(41)21-39(17-15-33)19-23-7-11-25(12-8-23)29-35-37-30(38-36-29)26-13-9-24(10-14-26)20-40(18-16-34)22-28(42)44-32(4,5)6/h7-14H,15-22H2,1-6H3. The maximum absolute atomic E-state index is 13.1. The van der Waals surface area contributed by atoms with Crippen LogP contribution in [-0.2, 0) is 32.2 Å². The molecule has 3 rings (SSSR count). The number of halogens is 2. The number of carbonyl (C=O) groups is 2. The summed E-state index contributed by atoms with van der Waals surface area (Å²) in [5.41, 5.74) is 1.98. The lowest BCUT2D eigenvalue weighted by Crippen LogP contribution is -2.35. The van der Waals surface area contributed by atoms with Gasteiger partial charge in [0.25, 0.3) is 0 Å². The molecule has 0 amide bonds. The van der Waals surface area contributed by atoms with Gasteiger partial charge in [0.1, 0.15) is 24.6 Å². The average Bonchev–Trinajstić information content (AvgIpc) is 2.92. The largest absolute Gasteiger partial charge is 0.459 e. The summed E-state index contributed by atoms with van der Waals surface area (Å²) in [6.45, 7) is 10.6. The van der Waals surface area contributed by atoms with E-state index in [0.717, 1.165) is 11.1 Å². The molecule has 0 aliphatic rings. The van der Waals surface area contributed by atoms with Gasteiger partial charge in [0.15, 0.2) is 0 Å². The van der Waals surface area contributed by atoms with Gasteiger partial charge in [-0.25, -0.2) is 8.78 Å². The van der Waals surface area contributed by atoms with Crippen molar-refractivity contribution in [1.29, 1.82) is 0 Å². The minimum absolute atomic E-state index is 0.00963. The Hall–Kier alpha value is -3.90. The molecule has 0 spiro atoms. The third kappa shape index (κ3) is 12.0. The topological polar surface area (TPSA) is 111 Å². The summed E-state index contributed by atoms with van der Waals surface area (Å²) in [7, 11) is 0. The van der Waals surface area contributed by atoms with Gasteiger partial charge < -0.3 is 9.47 Å². The lowest BCUT2D eigenvalue weighted by Gasteiger charge is -2.24. The third-order valence-corrected chi connectivity index (χ3v) is 6.06. The number of rotatable bonds is 14. The average molecular weight is 613 g/mol. The molecule has 0 fully saturated rings. The van der Waals surface area contributed by atoms with E-state index in [9.17, 15) is 18.4 Å². The van der Waals surface area contributed by atoms with Crippen LogP contribution < -0.4 is 0 Å². The fraction of sp³-hybridized carbons (Fsp3) is 0.500. The lowest BCUT2D eigenvalue weighted by atomic mass is 10.1. The second-order valence-electron chi connectivity index (χ2n) is 12.4. The quantitative estimate of drug-likeness (QED) is 0.235. The van der Waals surface area contributed by atoms with Gasteiger partial charge in [-0.1, -0.05) is 48.5 Å². The predicted octanol–water partition coefficient (Wildman–Crippen LogP) is 4.83. The van der Waals surface area contributed by atoms with Crippen molar-refractivity contribution in [3.8, 4) is 22.8 Å². The summed E-state index contributed by atoms with van der Waals surface area (Å²) in [4.78, 5) is 27.8. The second kappa shape index (κ2) is 15.7. The van der Waals surface area contributed by atoms with E-state index in [0.29, 0.717) is 35.9 Å². The zero-order valence-corrected chi connectivity index (χ0v) is 26.3. The van der Waals surface area contributed by atoms with E-state index in [1.807, 2.05) is 48.5 Å². The fourth-order valence-electron chi connectivity index (χ4n) is 4.28. The molecule has 1 aromatic heterocycles. The van der Waals surface area contributed by atoms with Crippen LogP contribution in [0.2, 0.25) is 0 Å². The first-order valence-corrected chi connectivity index (χ1v) is 14.5. The number of hydrogen-bond donors (Lipinski definition) is 0. The van der Waals surface area contributed by atoms with Crippen molar-refractivity contribution in [2.24, 2.45) is 0 Å². The number of carbonyl (C=O) groups excluding carboxylic acids is 2. The van der Waals surface area contributed by atoms with Gasteiger partial charge in [0.05, 0.1) is 13.1 Å². The smallest absolute Gasteiger partial charge is 0.320 e. The highest BCUT2D eigenvalue weighted by molar-refractivity contribution is 5.72. The van der Waals surface area contributed by atoms with Gasteiger partial charge in [-0.15, -0.1) is 20.4 Å². The van der Waals surface area contributed by atoms with Crippen molar-refractivity contribution in [2.75, 3.05) is 39.5 Å². The minimum atomic E-state index is -0.607. The fourth-order valence-corrected chi connectivity index (χ4v) is 4.28. The Labute approximate surface area is 257 Å². The molecular formula is C32H42F2N6O4. The van der Waals surface area contributed by atoms with Gasteiger partial charge in [-0.2, -0.15) is 0 Å². The highest BCUT2D eigenvalue weighted by Crippen LogP contribution is 2.19. The number of alkyl halides is 2. The van der Waals surface area contributed by atoms with Gasteiger partial charge in [-0.05, 0) is 52.7 Å². The predicted molar refractivity (Wildman–Crippen MR) is 163 cm³/mol. The molecule has 2 aromatic carbocycles. The van der Waals surface area contributed by atoms with Gasteiger partial charge in [-0.3, -0.25) is 19.4 Å². The highest BCUT2D eigenvalue weighted by Gasteiger charge is 2.21. The Balaban J connectivity index is 1.61. The number of benzene rings is 2. The molecule has 12 heteroatoms. The van der Waals surface area contributed by atoms with Gasteiger partial charge in [0.2, 0.25) is 11.6 Å². The van der Waals surface area contributed by atoms with Crippen LogP contribution in [0.5, 0.6) is 0 Å². The van der Waals surface area contributed by atoms with Crippen LogP contribution in [-0.4, -0.2) is 92.9 Å².